The molecule has 1 heteroatoms. The Hall–Kier alpha value is -0.300. The maximum absolute atomic E-state index is 2.32. The molecular weight excluding hydrogens is 116 g/mol. The topological polar surface area (TPSA) is 0 Å². The zero-order valence-corrected chi connectivity index (χ0v) is 5.37. The van der Waals surface area contributed by atoms with Crippen molar-refractivity contribution in [3.05, 3.63) is 28.3 Å². The van der Waals surface area contributed by atoms with Crippen LogP contribution in [0.1, 0.15) is 16.9 Å². The Balaban J connectivity index is 2.54. The van der Waals surface area contributed by atoms with E-state index >= 15 is 0 Å². The lowest BCUT2D eigenvalue weighted by molar-refractivity contribution is 1.03. The quantitative estimate of drug-likeness (QED) is 0.496. The van der Waals surface area contributed by atoms with Crippen molar-refractivity contribution in [2.45, 2.75) is 12.8 Å². The van der Waals surface area contributed by atoms with E-state index in [-0.39, 0.29) is 0 Å². The van der Waals surface area contributed by atoms with Crippen molar-refractivity contribution < 1.29 is 0 Å². The van der Waals surface area contributed by atoms with Gasteiger partial charge in [0, 0.05) is 11.3 Å². The van der Waals surface area contributed by atoms with Gasteiger partial charge in [-0.05, 0) is 29.9 Å². The molecule has 0 saturated carbocycles. The molecule has 0 spiro atoms. The molecule has 1 radical (unpaired) electrons. The second-order valence-electron chi connectivity index (χ2n) is 2.05. The summed E-state index contributed by atoms with van der Waals surface area (Å²) in [7, 11) is 0. The van der Waals surface area contributed by atoms with Crippen molar-refractivity contribution in [2.24, 2.45) is 0 Å². The summed E-state index contributed by atoms with van der Waals surface area (Å²) in [6, 6.07) is 2.23. The Morgan fingerprint density at radius 2 is 2.50 bits per heavy atom. The van der Waals surface area contributed by atoms with Gasteiger partial charge < -0.3 is 0 Å². The molecule has 0 nitrogen and oxygen atoms in total. The first-order valence-electron chi connectivity index (χ1n) is 2.86. The lowest BCUT2D eigenvalue weighted by atomic mass is 10.3. The molecule has 8 heavy (non-hydrogen) atoms. The van der Waals surface area contributed by atoms with Gasteiger partial charge in [-0.25, -0.2) is 0 Å². The van der Waals surface area contributed by atoms with Crippen molar-refractivity contribution in [1.29, 1.82) is 0 Å². The fourth-order valence-corrected chi connectivity index (χ4v) is 2.01. The summed E-state index contributed by atoms with van der Waals surface area (Å²) < 4.78 is 0. The van der Waals surface area contributed by atoms with Crippen LogP contribution in [0.4, 0.5) is 0 Å². The molecule has 0 saturated heterocycles. The summed E-state index contributed by atoms with van der Waals surface area (Å²) in [6.45, 7) is 0. The van der Waals surface area contributed by atoms with E-state index in [2.05, 4.69) is 17.9 Å². The van der Waals surface area contributed by atoms with E-state index in [1.165, 1.54) is 17.7 Å². The Morgan fingerprint density at radius 1 is 1.50 bits per heavy atom. The minimum atomic E-state index is 1.27. The van der Waals surface area contributed by atoms with Gasteiger partial charge >= 0.3 is 0 Å². The van der Waals surface area contributed by atoms with E-state index in [9.17, 15) is 0 Å². The highest BCUT2D eigenvalue weighted by Gasteiger charge is 2.10. The maximum atomic E-state index is 2.32. The predicted octanol–water partition coefficient (Wildman–Crippen LogP) is 2.25. The molecule has 0 amide bonds. The molecule has 1 heterocycles. The Morgan fingerprint density at radius 3 is 3.38 bits per heavy atom. The van der Waals surface area contributed by atoms with Crippen LogP contribution in [0.15, 0.2) is 11.4 Å². The molecule has 0 unspecified atom stereocenters. The number of hydrogen-bond acceptors (Lipinski definition) is 1. The van der Waals surface area contributed by atoms with Crippen LogP contribution < -0.4 is 0 Å². The number of aryl methyl sites for hydroxylation is 1. The van der Waals surface area contributed by atoms with Crippen LogP contribution in [0.25, 0.3) is 0 Å². The zero-order valence-electron chi connectivity index (χ0n) is 4.55. The van der Waals surface area contributed by atoms with E-state index in [0.29, 0.717) is 0 Å². The first-order chi connectivity index (χ1) is 3.97. The molecule has 1 aromatic heterocycles. The SMILES string of the molecule is [CH]1CCc2ccsc21. The van der Waals surface area contributed by atoms with Crippen LogP contribution in [0.2, 0.25) is 0 Å². The lowest BCUT2D eigenvalue weighted by Gasteiger charge is -1.79. The molecule has 0 atom stereocenters. The van der Waals surface area contributed by atoms with E-state index in [1.807, 2.05) is 11.3 Å². The van der Waals surface area contributed by atoms with Crippen LogP contribution in [0, 0.1) is 6.42 Å². The predicted molar refractivity (Wildman–Crippen MR) is 36.0 cm³/mol. The van der Waals surface area contributed by atoms with Crippen molar-refractivity contribution in [3.8, 4) is 0 Å². The van der Waals surface area contributed by atoms with Crippen molar-refractivity contribution in [1.82, 2.24) is 0 Å². The van der Waals surface area contributed by atoms with Gasteiger partial charge in [0.25, 0.3) is 0 Å². The highest BCUT2D eigenvalue weighted by molar-refractivity contribution is 7.10. The van der Waals surface area contributed by atoms with Crippen LogP contribution in [0.5, 0.6) is 0 Å². The fraction of sp³-hybridized carbons (Fsp3) is 0.286. The molecule has 0 N–H and O–H groups in total. The van der Waals surface area contributed by atoms with Gasteiger partial charge in [-0.15, -0.1) is 11.3 Å². The lowest BCUT2D eigenvalue weighted by Crippen LogP contribution is -1.66. The van der Waals surface area contributed by atoms with Gasteiger partial charge in [-0.2, -0.15) is 0 Å². The third-order valence-corrected chi connectivity index (χ3v) is 2.48. The molecular formula is C7H7S. The molecule has 0 bridgehead atoms. The van der Waals surface area contributed by atoms with Crippen molar-refractivity contribution in [2.75, 3.05) is 0 Å². The molecule has 1 aliphatic rings. The average Bonchev–Trinajstić information content (AvgIpc) is 2.15. The van der Waals surface area contributed by atoms with Crippen LogP contribution >= 0.6 is 11.3 Å². The second-order valence-corrected chi connectivity index (χ2v) is 3.00. The Labute approximate surface area is 53.2 Å². The molecule has 0 aromatic carbocycles. The van der Waals surface area contributed by atoms with Gasteiger partial charge in [-0.1, -0.05) is 0 Å². The monoisotopic (exact) mass is 123 g/mol. The molecule has 2 rings (SSSR count). The summed E-state index contributed by atoms with van der Waals surface area (Å²) >= 11 is 1.86. The largest absolute Gasteiger partial charge is 0.148 e. The molecule has 1 aliphatic carbocycles. The number of fused-ring (bicyclic) bond motifs is 1. The zero-order chi connectivity index (χ0) is 5.40. The van der Waals surface area contributed by atoms with E-state index in [1.54, 1.807) is 5.56 Å². The normalized spacial score (nSPS) is 16.5. The molecule has 0 fully saturated rings. The molecule has 41 valence electrons. The highest BCUT2D eigenvalue weighted by Crippen LogP contribution is 2.27. The smallest absolute Gasteiger partial charge is 0.0115 e. The highest BCUT2D eigenvalue weighted by atomic mass is 32.1. The molecule has 0 aliphatic heterocycles. The van der Waals surface area contributed by atoms with E-state index in [4.69, 9.17) is 0 Å². The number of rotatable bonds is 0. The minimum absolute atomic E-state index is 1.27. The van der Waals surface area contributed by atoms with E-state index in [0.717, 1.165) is 0 Å². The third-order valence-electron chi connectivity index (χ3n) is 1.52. The summed E-state index contributed by atoms with van der Waals surface area (Å²) in [4.78, 5) is 1.50. The van der Waals surface area contributed by atoms with Crippen LogP contribution in [-0.2, 0) is 6.42 Å². The maximum Gasteiger partial charge on any atom is 0.0115 e. The van der Waals surface area contributed by atoms with Gasteiger partial charge in [0.2, 0.25) is 0 Å². The third kappa shape index (κ3) is 0.511. The van der Waals surface area contributed by atoms with Crippen LogP contribution in [-0.4, -0.2) is 0 Å². The summed E-state index contributed by atoms with van der Waals surface area (Å²) in [5, 5.41) is 2.17. The molecule has 1 aromatic rings. The average molecular weight is 123 g/mol. The first-order valence-corrected chi connectivity index (χ1v) is 3.74. The first kappa shape index (κ1) is 4.57. The van der Waals surface area contributed by atoms with Crippen LogP contribution in [0.3, 0.4) is 0 Å². The summed E-state index contributed by atoms with van der Waals surface area (Å²) in [5.74, 6) is 0. The Bertz CT molecular complexity index is 170. The number of hydrogen-bond donors (Lipinski definition) is 0. The van der Waals surface area contributed by atoms with Gasteiger partial charge in [-0.3, -0.25) is 0 Å². The summed E-state index contributed by atoms with van der Waals surface area (Å²) in [6.07, 6.45) is 4.86. The number of thiophene rings is 1. The van der Waals surface area contributed by atoms with Gasteiger partial charge in [0.15, 0.2) is 0 Å². The fourth-order valence-electron chi connectivity index (χ4n) is 1.09. The van der Waals surface area contributed by atoms with E-state index < -0.39 is 0 Å². The van der Waals surface area contributed by atoms with Gasteiger partial charge in [0.05, 0.1) is 0 Å². The van der Waals surface area contributed by atoms with Crippen molar-refractivity contribution in [3.63, 3.8) is 0 Å². The van der Waals surface area contributed by atoms with Gasteiger partial charge in [0.1, 0.15) is 0 Å². The Kier molecular flexibility index (Phi) is 0.908. The summed E-state index contributed by atoms with van der Waals surface area (Å²) in [5.41, 5.74) is 1.55. The standard InChI is InChI=1S/C7H7S/c1-2-6-4-5-8-7(6)3-1/h3-5H,1-2H2. The van der Waals surface area contributed by atoms with Crippen molar-refractivity contribution >= 4 is 11.3 Å². The minimum Gasteiger partial charge on any atom is -0.148 e. The second kappa shape index (κ2) is 1.59.